The summed E-state index contributed by atoms with van der Waals surface area (Å²) in [7, 11) is 1.69. The molecule has 0 saturated carbocycles. The van der Waals surface area contributed by atoms with Gasteiger partial charge in [-0.25, -0.2) is 14.3 Å². The number of nitrogens with one attached hydrogen (secondary N) is 1. The number of aryl methyl sites for hydroxylation is 1. The number of amides is 2. The topological polar surface area (TPSA) is 116 Å². The zero-order chi connectivity index (χ0) is 25.2. The SMILES string of the molecule is CC(C)Cn1cc(-c2cc3n(n2)CCC(NC(=O)c2ncn(Cc4ccccc4)n2)C(=O)N3C)cn1. The highest BCUT2D eigenvalue weighted by molar-refractivity contribution is 6.01. The summed E-state index contributed by atoms with van der Waals surface area (Å²) in [6, 6.07) is 11.0. The number of rotatable bonds is 7. The maximum Gasteiger partial charge on any atom is 0.291 e. The van der Waals surface area contributed by atoms with Crippen molar-refractivity contribution in [1.29, 1.82) is 0 Å². The monoisotopic (exact) mass is 487 g/mol. The third kappa shape index (κ3) is 4.90. The van der Waals surface area contributed by atoms with E-state index in [0.29, 0.717) is 31.2 Å². The minimum absolute atomic E-state index is 0.0315. The van der Waals surface area contributed by atoms with Gasteiger partial charge in [-0.1, -0.05) is 44.2 Å². The van der Waals surface area contributed by atoms with Gasteiger partial charge in [0.05, 0.1) is 18.4 Å². The lowest BCUT2D eigenvalue weighted by molar-refractivity contribution is -0.120. The van der Waals surface area contributed by atoms with E-state index in [1.165, 1.54) is 11.2 Å². The molecule has 11 heteroatoms. The first kappa shape index (κ1) is 23.5. The van der Waals surface area contributed by atoms with E-state index in [1.54, 1.807) is 22.6 Å². The van der Waals surface area contributed by atoms with Crippen molar-refractivity contribution in [2.75, 3.05) is 11.9 Å². The molecular formula is C25H29N9O2. The first-order valence-electron chi connectivity index (χ1n) is 12.0. The van der Waals surface area contributed by atoms with E-state index in [4.69, 9.17) is 5.10 Å². The average molecular weight is 488 g/mol. The van der Waals surface area contributed by atoms with Gasteiger partial charge in [0, 0.05) is 38.0 Å². The summed E-state index contributed by atoms with van der Waals surface area (Å²) in [5.74, 6) is 0.497. The zero-order valence-corrected chi connectivity index (χ0v) is 20.6. The molecule has 36 heavy (non-hydrogen) atoms. The van der Waals surface area contributed by atoms with Crippen LogP contribution in [0.2, 0.25) is 0 Å². The molecule has 1 aromatic carbocycles. The van der Waals surface area contributed by atoms with Crippen LogP contribution in [0.5, 0.6) is 0 Å². The molecule has 0 radical (unpaired) electrons. The Morgan fingerprint density at radius 1 is 1.17 bits per heavy atom. The first-order chi connectivity index (χ1) is 17.4. The lowest BCUT2D eigenvalue weighted by atomic mass is 10.2. The minimum atomic E-state index is -0.706. The number of anilines is 1. The molecule has 4 heterocycles. The van der Waals surface area contributed by atoms with Crippen molar-refractivity contribution in [2.45, 2.75) is 45.9 Å². The zero-order valence-electron chi connectivity index (χ0n) is 20.6. The Balaban J connectivity index is 1.25. The van der Waals surface area contributed by atoms with Crippen molar-refractivity contribution < 1.29 is 9.59 Å². The number of aromatic nitrogens is 7. The van der Waals surface area contributed by atoms with Gasteiger partial charge in [-0.05, 0) is 17.9 Å². The second kappa shape index (κ2) is 9.76. The minimum Gasteiger partial charge on any atom is -0.337 e. The molecular weight excluding hydrogens is 458 g/mol. The summed E-state index contributed by atoms with van der Waals surface area (Å²) in [5, 5.41) is 16.2. The summed E-state index contributed by atoms with van der Waals surface area (Å²) < 4.78 is 5.30. The third-order valence-corrected chi connectivity index (χ3v) is 6.07. The molecule has 0 aliphatic carbocycles. The van der Waals surface area contributed by atoms with Crippen molar-refractivity contribution >= 4 is 17.6 Å². The standard InChI is InChI=1S/C25H29N9O2/c1-17(2)13-32-15-19(12-27-32)21-11-22-31(3)25(36)20(9-10-34(22)29-21)28-24(35)23-26-16-33(30-23)14-18-7-5-4-6-8-18/h4-8,11-12,15-17,20H,9-10,13-14H2,1-3H3,(H,28,35). The molecule has 0 fully saturated rings. The molecule has 3 aromatic heterocycles. The summed E-state index contributed by atoms with van der Waals surface area (Å²) in [6.07, 6.45) is 5.68. The fourth-order valence-electron chi connectivity index (χ4n) is 4.28. The fourth-order valence-corrected chi connectivity index (χ4v) is 4.28. The quantitative estimate of drug-likeness (QED) is 0.427. The smallest absolute Gasteiger partial charge is 0.291 e. The molecule has 186 valence electrons. The normalized spacial score (nSPS) is 15.7. The number of nitrogens with zero attached hydrogens (tertiary/aromatic N) is 8. The Morgan fingerprint density at radius 2 is 1.97 bits per heavy atom. The highest BCUT2D eigenvalue weighted by atomic mass is 16.2. The molecule has 1 unspecified atom stereocenters. The van der Waals surface area contributed by atoms with E-state index < -0.39 is 11.9 Å². The fraction of sp³-hybridized carbons (Fsp3) is 0.360. The van der Waals surface area contributed by atoms with Gasteiger partial charge in [-0.2, -0.15) is 10.2 Å². The molecule has 0 spiro atoms. The van der Waals surface area contributed by atoms with Gasteiger partial charge in [-0.3, -0.25) is 19.2 Å². The van der Waals surface area contributed by atoms with Crippen molar-refractivity contribution in [3.8, 4) is 11.3 Å². The van der Waals surface area contributed by atoms with Gasteiger partial charge in [0.25, 0.3) is 11.8 Å². The number of fused-ring (bicyclic) bond motifs is 1. The van der Waals surface area contributed by atoms with E-state index >= 15 is 0 Å². The Morgan fingerprint density at radius 3 is 2.75 bits per heavy atom. The summed E-state index contributed by atoms with van der Waals surface area (Å²) >= 11 is 0. The van der Waals surface area contributed by atoms with E-state index in [0.717, 1.165) is 23.4 Å². The van der Waals surface area contributed by atoms with Gasteiger partial charge >= 0.3 is 0 Å². The van der Waals surface area contributed by atoms with Crippen molar-refractivity contribution in [3.05, 3.63) is 66.5 Å². The Kier molecular flexibility index (Phi) is 6.36. The Bertz CT molecular complexity index is 1370. The second-order valence-corrected chi connectivity index (χ2v) is 9.42. The molecule has 11 nitrogen and oxygen atoms in total. The van der Waals surface area contributed by atoms with Crippen LogP contribution in [0.4, 0.5) is 5.82 Å². The lowest BCUT2D eigenvalue weighted by Gasteiger charge is -2.19. The van der Waals surface area contributed by atoms with Crippen LogP contribution < -0.4 is 10.2 Å². The second-order valence-electron chi connectivity index (χ2n) is 9.42. The van der Waals surface area contributed by atoms with E-state index in [9.17, 15) is 9.59 Å². The number of carbonyl (C=O) groups is 2. The van der Waals surface area contributed by atoms with Crippen LogP contribution >= 0.6 is 0 Å². The van der Waals surface area contributed by atoms with Crippen LogP contribution in [0, 0.1) is 5.92 Å². The van der Waals surface area contributed by atoms with Gasteiger partial charge in [0.15, 0.2) is 0 Å². The van der Waals surface area contributed by atoms with Crippen LogP contribution in [0.25, 0.3) is 11.3 Å². The van der Waals surface area contributed by atoms with Crippen molar-refractivity contribution in [1.82, 2.24) is 39.6 Å². The van der Waals surface area contributed by atoms with Gasteiger partial charge in [-0.15, -0.1) is 5.10 Å². The maximum atomic E-state index is 13.2. The average Bonchev–Trinajstić information content (AvgIpc) is 3.59. The van der Waals surface area contributed by atoms with Crippen LogP contribution in [0.15, 0.2) is 55.1 Å². The Labute approximate surface area is 208 Å². The van der Waals surface area contributed by atoms with Crippen LogP contribution in [0.3, 0.4) is 0 Å². The summed E-state index contributed by atoms with van der Waals surface area (Å²) in [6.45, 7) is 6.09. The highest BCUT2D eigenvalue weighted by Crippen LogP contribution is 2.27. The molecule has 4 aromatic rings. The summed E-state index contributed by atoms with van der Waals surface area (Å²) in [5.41, 5.74) is 2.71. The van der Waals surface area contributed by atoms with E-state index in [1.807, 2.05) is 47.3 Å². The van der Waals surface area contributed by atoms with Gasteiger partial charge < -0.3 is 5.32 Å². The lowest BCUT2D eigenvalue weighted by Crippen LogP contribution is -2.47. The van der Waals surface area contributed by atoms with Crippen LogP contribution in [-0.2, 0) is 24.4 Å². The van der Waals surface area contributed by atoms with Gasteiger partial charge in [0.1, 0.15) is 18.2 Å². The van der Waals surface area contributed by atoms with Crippen molar-refractivity contribution in [2.24, 2.45) is 5.92 Å². The molecule has 1 aliphatic heterocycles. The number of benzene rings is 1. The molecule has 0 bridgehead atoms. The number of likely N-dealkylation sites (N-methyl/N-ethyl adjacent to an activating group) is 1. The molecule has 5 rings (SSSR count). The number of hydrogen-bond acceptors (Lipinski definition) is 6. The predicted molar refractivity (Wildman–Crippen MR) is 133 cm³/mol. The maximum absolute atomic E-state index is 13.2. The van der Waals surface area contributed by atoms with E-state index in [-0.39, 0.29) is 11.7 Å². The third-order valence-electron chi connectivity index (χ3n) is 6.07. The number of carbonyl (C=O) groups excluding carboxylic acids is 2. The predicted octanol–water partition coefficient (Wildman–Crippen LogP) is 2.21. The molecule has 0 saturated heterocycles. The first-order valence-corrected chi connectivity index (χ1v) is 12.0. The molecule has 1 N–H and O–H groups in total. The van der Waals surface area contributed by atoms with E-state index in [2.05, 4.69) is 34.3 Å². The van der Waals surface area contributed by atoms with Crippen LogP contribution in [-0.4, -0.2) is 59.2 Å². The van der Waals surface area contributed by atoms with Crippen molar-refractivity contribution in [3.63, 3.8) is 0 Å². The van der Waals surface area contributed by atoms with Crippen LogP contribution in [0.1, 0.15) is 36.5 Å². The highest BCUT2D eigenvalue weighted by Gasteiger charge is 2.31. The van der Waals surface area contributed by atoms with Gasteiger partial charge in [0.2, 0.25) is 5.82 Å². The largest absolute Gasteiger partial charge is 0.337 e. The number of hydrogen-bond donors (Lipinski definition) is 1. The summed E-state index contributed by atoms with van der Waals surface area (Å²) in [4.78, 5) is 31.7. The molecule has 1 atom stereocenters. The molecule has 2 amide bonds. The molecule has 1 aliphatic rings. The Hall–Kier alpha value is -4.28.